The van der Waals surface area contributed by atoms with E-state index in [4.69, 9.17) is 5.11 Å². The number of carboxylic acid groups (broad SMARTS) is 1. The molecular weight excluding hydrogens is 257 g/mol. The fourth-order valence-electron chi connectivity index (χ4n) is 2.10. The van der Waals surface area contributed by atoms with Gasteiger partial charge in [0.05, 0.1) is 5.56 Å². The third-order valence-electron chi connectivity index (χ3n) is 3.10. The second-order valence-corrected chi connectivity index (χ2v) is 4.78. The summed E-state index contributed by atoms with van der Waals surface area (Å²) in [6.07, 6.45) is 0. The van der Waals surface area contributed by atoms with E-state index in [1.807, 2.05) is 0 Å². The molecule has 0 heterocycles. The lowest BCUT2D eigenvalue weighted by Gasteiger charge is -2.10. The van der Waals surface area contributed by atoms with Gasteiger partial charge in [0, 0.05) is 12.2 Å². The van der Waals surface area contributed by atoms with Gasteiger partial charge in [0.25, 0.3) is 0 Å². The van der Waals surface area contributed by atoms with Crippen molar-refractivity contribution < 1.29 is 14.3 Å². The van der Waals surface area contributed by atoms with Crippen LogP contribution in [0.5, 0.6) is 0 Å². The molecule has 0 unspecified atom stereocenters. The van der Waals surface area contributed by atoms with Crippen molar-refractivity contribution >= 4 is 11.7 Å². The highest BCUT2D eigenvalue weighted by atomic mass is 19.1. The van der Waals surface area contributed by atoms with Crippen molar-refractivity contribution in [2.24, 2.45) is 0 Å². The van der Waals surface area contributed by atoms with Crippen molar-refractivity contribution in [1.29, 1.82) is 0 Å². The average molecular weight is 273 g/mol. The van der Waals surface area contributed by atoms with Gasteiger partial charge in [-0.05, 0) is 48.7 Å². The molecule has 3 nitrogen and oxygen atoms in total. The first-order valence-corrected chi connectivity index (χ1v) is 6.30. The van der Waals surface area contributed by atoms with Gasteiger partial charge in [-0.1, -0.05) is 18.2 Å². The van der Waals surface area contributed by atoms with Crippen molar-refractivity contribution in [3.63, 3.8) is 0 Å². The molecule has 0 aliphatic rings. The number of carboxylic acids is 1. The fraction of sp³-hybridized carbons (Fsp3) is 0.188. The van der Waals surface area contributed by atoms with Gasteiger partial charge in [0.15, 0.2) is 0 Å². The minimum absolute atomic E-state index is 0.179. The van der Waals surface area contributed by atoms with Crippen LogP contribution in [0.2, 0.25) is 0 Å². The van der Waals surface area contributed by atoms with Gasteiger partial charge in [-0.15, -0.1) is 0 Å². The van der Waals surface area contributed by atoms with Crippen LogP contribution >= 0.6 is 0 Å². The highest BCUT2D eigenvalue weighted by molar-refractivity contribution is 5.88. The van der Waals surface area contributed by atoms with E-state index in [1.54, 1.807) is 50.2 Å². The van der Waals surface area contributed by atoms with Gasteiger partial charge in [-0.25, -0.2) is 9.18 Å². The number of aryl methyl sites for hydroxylation is 2. The van der Waals surface area contributed by atoms with E-state index in [2.05, 4.69) is 5.32 Å². The normalized spacial score (nSPS) is 10.3. The molecule has 0 amide bonds. The van der Waals surface area contributed by atoms with E-state index in [9.17, 15) is 9.18 Å². The van der Waals surface area contributed by atoms with Crippen LogP contribution < -0.4 is 5.32 Å². The molecule has 0 bridgehead atoms. The highest BCUT2D eigenvalue weighted by Crippen LogP contribution is 2.17. The largest absolute Gasteiger partial charge is 0.478 e. The van der Waals surface area contributed by atoms with Crippen molar-refractivity contribution in [2.75, 3.05) is 5.32 Å². The molecule has 20 heavy (non-hydrogen) atoms. The van der Waals surface area contributed by atoms with Crippen molar-refractivity contribution in [3.8, 4) is 0 Å². The van der Waals surface area contributed by atoms with Gasteiger partial charge in [0.1, 0.15) is 5.82 Å². The molecule has 0 saturated carbocycles. The lowest BCUT2D eigenvalue weighted by atomic mass is 10.1. The monoisotopic (exact) mass is 273 g/mol. The predicted molar refractivity (Wildman–Crippen MR) is 76.6 cm³/mol. The van der Waals surface area contributed by atoms with Crippen LogP contribution in [0.15, 0.2) is 36.4 Å². The summed E-state index contributed by atoms with van der Waals surface area (Å²) in [6, 6.07) is 10.2. The molecule has 0 radical (unpaired) electrons. The molecule has 2 aromatic rings. The first-order valence-electron chi connectivity index (χ1n) is 6.30. The van der Waals surface area contributed by atoms with Gasteiger partial charge < -0.3 is 10.4 Å². The summed E-state index contributed by atoms with van der Waals surface area (Å²) >= 11 is 0. The summed E-state index contributed by atoms with van der Waals surface area (Å²) in [5.74, 6) is -1.14. The van der Waals surface area contributed by atoms with Crippen molar-refractivity contribution in [3.05, 3.63) is 64.5 Å². The van der Waals surface area contributed by atoms with Crippen molar-refractivity contribution in [1.82, 2.24) is 0 Å². The quantitative estimate of drug-likeness (QED) is 0.891. The van der Waals surface area contributed by atoms with Gasteiger partial charge in [0.2, 0.25) is 0 Å². The van der Waals surface area contributed by atoms with Crippen LogP contribution in [0.1, 0.15) is 27.0 Å². The average Bonchev–Trinajstić information content (AvgIpc) is 2.42. The Balaban J connectivity index is 2.13. The lowest BCUT2D eigenvalue weighted by Crippen LogP contribution is -2.03. The molecular formula is C16H16FNO2. The maximum Gasteiger partial charge on any atom is 0.335 e. The Bertz CT molecular complexity index is 630. The first kappa shape index (κ1) is 14.1. The number of hydrogen-bond acceptors (Lipinski definition) is 2. The van der Waals surface area contributed by atoms with Crippen molar-refractivity contribution in [2.45, 2.75) is 20.4 Å². The molecule has 4 heteroatoms. The Labute approximate surface area is 117 Å². The lowest BCUT2D eigenvalue weighted by molar-refractivity contribution is 0.0697. The van der Waals surface area contributed by atoms with E-state index >= 15 is 0 Å². The number of carbonyl (C=O) groups is 1. The molecule has 104 valence electrons. The molecule has 0 fully saturated rings. The Kier molecular flexibility index (Phi) is 4.03. The fourth-order valence-corrected chi connectivity index (χ4v) is 2.10. The summed E-state index contributed by atoms with van der Waals surface area (Å²) in [7, 11) is 0. The summed E-state index contributed by atoms with van der Waals surface area (Å²) in [4.78, 5) is 10.9. The first-order chi connectivity index (χ1) is 9.47. The number of halogens is 1. The second kappa shape index (κ2) is 5.74. The Morgan fingerprint density at radius 3 is 2.45 bits per heavy atom. The second-order valence-electron chi connectivity index (χ2n) is 4.78. The highest BCUT2D eigenvalue weighted by Gasteiger charge is 2.05. The predicted octanol–water partition coefficient (Wildman–Crippen LogP) is 3.75. The van der Waals surface area contributed by atoms with Crippen LogP contribution in [0.25, 0.3) is 0 Å². The summed E-state index contributed by atoms with van der Waals surface area (Å²) < 4.78 is 13.5. The molecule has 0 aromatic heterocycles. The molecule has 0 aliphatic heterocycles. The maximum absolute atomic E-state index is 13.5. The van der Waals surface area contributed by atoms with E-state index in [-0.39, 0.29) is 11.4 Å². The van der Waals surface area contributed by atoms with Crippen LogP contribution in [0, 0.1) is 19.7 Å². The minimum atomic E-state index is -0.956. The zero-order valence-electron chi connectivity index (χ0n) is 11.4. The summed E-state index contributed by atoms with van der Waals surface area (Å²) in [5.41, 5.74) is 3.15. The molecule has 0 atom stereocenters. The molecule has 0 aliphatic carbocycles. The zero-order chi connectivity index (χ0) is 14.7. The minimum Gasteiger partial charge on any atom is -0.478 e. The standard InChI is InChI=1S/C16H16FNO2/c1-10-6-12(7-11(2)15(10)17)9-18-14-5-3-4-13(8-14)16(19)20/h3-8,18H,9H2,1-2H3,(H,19,20). The summed E-state index contributed by atoms with van der Waals surface area (Å²) in [5, 5.41) is 12.1. The molecule has 0 saturated heterocycles. The van der Waals surface area contributed by atoms with Crippen LogP contribution in [0.3, 0.4) is 0 Å². The Morgan fingerprint density at radius 2 is 1.85 bits per heavy atom. The zero-order valence-corrected chi connectivity index (χ0v) is 11.4. The molecule has 2 aromatic carbocycles. The number of rotatable bonds is 4. The third-order valence-corrected chi connectivity index (χ3v) is 3.10. The number of aromatic carboxylic acids is 1. The number of anilines is 1. The smallest absolute Gasteiger partial charge is 0.335 e. The Morgan fingerprint density at radius 1 is 1.20 bits per heavy atom. The van der Waals surface area contributed by atoms with E-state index in [0.29, 0.717) is 17.7 Å². The number of hydrogen-bond donors (Lipinski definition) is 2. The molecule has 2 rings (SSSR count). The van der Waals surface area contributed by atoms with E-state index < -0.39 is 5.97 Å². The van der Waals surface area contributed by atoms with E-state index in [1.165, 1.54) is 0 Å². The topological polar surface area (TPSA) is 49.3 Å². The third kappa shape index (κ3) is 3.15. The van der Waals surface area contributed by atoms with Crippen LogP contribution in [-0.2, 0) is 6.54 Å². The van der Waals surface area contributed by atoms with Gasteiger partial charge >= 0.3 is 5.97 Å². The molecule has 0 spiro atoms. The van der Waals surface area contributed by atoms with E-state index in [0.717, 1.165) is 11.3 Å². The van der Waals surface area contributed by atoms with Crippen LogP contribution in [0.4, 0.5) is 10.1 Å². The maximum atomic E-state index is 13.5. The number of nitrogens with one attached hydrogen (secondary N) is 1. The number of benzene rings is 2. The van der Waals surface area contributed by atoms with Crippen LogP contribution in [-0.4, -0.2) is 11.1 Å². The Hall–Kier alpha value is -2.36. The summed E-state index contributed by atoms with van der Waals surface area (Å²) in [6.45, 7) is 3.98. The van der Waals surface area contributed by atoms with Gasteiger partial charge in [-0.3, -0.25) is 0 Å². The molecule has 2 N–H and O–H groups in total. The SMILES string of the molecule is Cc1cc(CNc2cccc(C(=O)O)c2)cc(C)c1F. The van der Waals surface area contributed by atoms with Gasteiger partial charge in [-0.2, -0.15) is 0 Å².